The molecule has 0 unspecified atom stereocenters. The Morgan fingerprint density at radius 3 is 2.76 bits per heavy atom. The Balaban J connectivity index is 2.31. The van der Waals surface area contributed by atoms with Gasteiger partial charge in [-0.3, -0.25) is 0 Å². The molecule has 1 aromatic carbocycles. The normalized spacial score (nSPS) is 10.5. The Kier molecular flexibility index (Phi) is 6.58. The maximum absolute atomic E-state index is 13.7. The average molecular weight is 241 g/mol. The van der Waals surface area contributed by atoms with Crippen molar-refractivity contribution < 1.29 is 13.9 Å². The van der Waals surface area contributed by atoms with E-state index in [-0.39, 0.29) is 5.82 Å². The number of rotatable bonds is 8. The van der Waals surface area contributed by atoms with Crippen molar-refractivity contribution in [2.75, 3.05) is 27.4 Å². The first-order valence-corrected chi connectivity index (χ1v) is 5.80. The lowest BCUT2D eigenvalue weighted by Gasteiger charge is -2.08. The second-order valence-electron chi connectivity index (χ2n) is 3.81. The number of hydrogen-bond acceptors (Lipinski definition) is 3. The maximum Gasteiger partial charge on any atom is 0.169 e. The van der Waals surface area contributed by atoms with Crippen molar-refractivity contribution in [1.82, 2.24) is 5.32 Å². The highest BCUT2D eigenvalue weighted by atomic mass is 19.1. The summed E-state index contributed by atoms with van der Waals surface area (Å²) >= 11 is 0. The van der Waals surface area contributed by atoms with Gasteiger partial charge in [0.1, 0.15) is 0 Å². The van der Waals surface area contributed by atoms with Gasteiger partial charge in [0.15, 0.2) is 11.6 Å². The molecule has 0 aliphatic heterocycles. The van der Waals surface area contributed by atoms with Crippen LogP contribution in [0.15, 0.2) is 18.2 Å². The molecule has 0 aliphatic rings. The summed E-state index contributed by atoms with van der Waals surface area (Å²) < 4.78 is 23.6. The molecule has 0 aliphatic carbocycles. The Hall–Kier alpha value is -1.13. The number of benzene rings is 1. The topological polar surface area (TPSA) is 30.5 Å². The molecule has 3 nitrogen and oxygen atoms in total. The van der Waals surface area contributed by atoms with E-state index in [0.29, 0.717) is 17.9 Å². The van der Waals surface area contributed by atoms with Crippen LogP contribution < -0.4 is 10.1 Å². The van der Waals surface area contributed by atoms with Crippen molar-refractivity contribution in [3.8, 4) is 5.75 Å². The Bertz CT molecular complexity index is 331. The fourth-order valence-electron chi connectivity index (χ4n) is 1.57. The van der Waals surface area contributed by atoms with E-state index >= 15 is 0 Å². The summed E-state index contributed by atoms with van der Waals surface area (Å²) in [7, 11) is 3.17. The fourth-order valence-corrected chi connectivity index (χ4v) is 1.57. The smallest absolute Gasteiger partial charge is 0.169 e. The van der Waals surface area contributed by atoms with Gasteiger partial charge in [0, 0.05) is 25.8 Å². The van der Waals surface area contributed by atoms with Crippen molar-refractivity contribution in [2.24, 2.45) is 0 Å². The number of nitrogens with one attached hydrogen (secondary N) is 1. The van der Waals surface area contributed by atoms with Crippen LogP contribution in [0.5, 0.6) is 5.75 Å². The van der Waals surface area contributed by atoms with E-state index < -0.39 is 0 Å². The second-order valence-corrected chi connectivity index (χ2v) is 3.81. The van der Waals surface area contributed by atoms with Gasteiger partial charge in [0.05, 0.1) is 7.11 Å². The second kappa shape index (κ2) is 8.03. The van der Waals surface area contributed by atoms with Crippen LogP contribution in [-0.2, 0) is 11.3 Å². The summed E-state index contributed by atoms with van der Waals surface area (Å²) in [4.78, 5) is 0. The fraction of sp³-hybridized carbons (Fsp3) is 0.538. The third-order valence-corrected chi connectivity index (χ3v) is 2.53. The highest BCUT2D eigenvalue weighted by Gasteiger charge is 2.07. The van der Waals surface area contributed by atoms with Crippen molar-refractivity contribution >= 4 is 0 Å². The standard InChI is InChI=1S/C13H20FNO2/c1-16-9-4-3-8-15-10-11-6-5-7-12(17-2)13(11)14/h5-7,15H,3-4,8-10H2,1-2H3. The highest BCUT2D eigenvalue weighted by Crippen LogP contribution is 2.19. The zero-order chi connectivity index (χ0) is 12.5. The first-order chi connectivity index (χ1) is 8.29. The molecule has 0 saturated heterocycles. The van der Waals surface area contributed by atoms with E-state index in [9.17, 15) is 4.39 Å². The van der Waals surface area contributed by atoms with Crippen molar-refractivity contribution in [2.45, 2.75) is 19.4 Å². The van der Waals surface area contributed by atoms with Gasteiger partial charge in [-0.15, -0.1) is 0 Å². The number of methoxy groups -OCH3 is 2. The van der Waals surface area contributed by atoms with E-state index in [4.69, 9.17) is 9.47 Å². The predicted octanol–water partition coefficient (Wildman–Crippen LogP) is 2.35. The Morgan fingerprint density at radius 2 is 2.06 bits per heavy atom. The van der Waals surface area contributed by atoms with Gasteiger partial charge in [-0.05, 0) is 25.5 Å². The van der Waals surface area contributed by atoms with Crippen molar-refractivity contribution in [3.05, 3.63) is 29.6 Å². The van der Waals surface area contributed by atoms with Gasteiger partial charge in [-0.25, -0.2) is 4.39 Å². The van der Waals surface area contributed by atoms with Crippen LogP contribution in [0.25, 0.3) is 0 Å². The number of unbranched alkanes of at least 4 members (excludes halogenated alkanes) is 1. The van der Waals surface area contributed by atoms with E-state index in [1.807, 2.05) is 0 Å². The summed E-state index contributed by atoms with van der Waals surface area (Å²) in [6.07, 6.45) is 2.05. The molecule has 17 heavy (non-hydrogen) atoms. The Morgan fingerprint density at radius 1 is 1.24 bits per heavy atom. The van der Waals surface area contributed by atoms with Gasteiger partial charge in [0.25, 0.3) is 0 Å². The molecule has 0 heterocycles. The minimum absolute atomic E-state index is 0.278. The highest BCUT2D eigenvalue weighted by molar-refractivity contribution is 5.30. The Labute approximate surface area is 102 Å². The minimum Gasteiger partial charge on any atom is -0.494 e. The lowest BCUT2D eigenvalue weighted by molar-refractivity contribution is 0.192. The molecule has 0 aromatic heterocycles. The monoisotopic (exact) mass is 241 g/mol. The molecule has 0 radical (unpaired) electrons. The maximum atomic E-state index is 13.7. The zero-order valence-electron chi connectivity index (χ0n) is 10.5. The zero-order valence-corrected chi connectivity index (χ0v) is 10.5. The molecule has 1 aromatic rings. The van der Waals surface area contributed by atoms with E-state index in [1.165, 1.54) is 7.11 Å². The quantitative estimate of drug-likeness (QED) is 0.709. The summed E-state index contributed by atoms with van der Waals surface area (Å²) in [6.45, 7) is 2.16. The summed E-state index contributed by atoms with van der Waals surface area (Å²) in [5.74, 6) is 0.0167. The average Bonchev–Trinajstić information content (AvgIpc) is 2.35. The third-order valence-electron chi connectivity index (χ3n) is 2.53. The lowest BCUT2D eigenvalue weighted by atomic mass is 10.2. The van der Waals surface area contributed by atoms with E-state index in [2.05, 4.69) is 5.32 Å². The first kappa shape index (κ1) is 13.9. The van der Waals surface area contributed by atoms with Crippen LogP contribution in [0, 0.1) is 5.82 Å². The van der Waals surface area contributed by atoms with Gasteiger partial charge < -0.3 is 14.8 Å². The van der Waals surface area contributed by atoms with Crippen LogP contribution >= 0.6 is 0 Å². The van der Waals surface area contributed by atoms with Crippen LogP contribution in [0.4, 0.5) is 4.39 Å². The predicted molar refractivity (Wildman–Crippen MR) is 65.8 cm³/mol. The molecule has 96 valence electrons. The van der Waals surface area contributed by atoms with Crippen LogP contribution in [0.1, 0.15) is 18.4 Å². The molecular formula is C13H20FNO2. The van der Waals surface area contributed by atoms with Crippen molar-refractivity contribution in [3.63, 3.8) is 0 Å². The van der Waals surface area contributed by atoms with Crippen molar-refractivity contribution in [1.29, 1.82) is 0 Å². The largest absolute Gasteiger partial charge is 0.494 e. The molecule has 0 fully saturated rings. The SMILES string of the molecule is COCCCCNCc1cccc(OC)c1F. The molecule has 0 saturated carbocycles. The molecule has 0 atom stereocenters. The van der Waals surface area contributed by atoms with Gasteiger partial charge >= 0.3 is 0 Å². The number of hydrogen-bond donors (Lipinski definition) is 1. The van der Waals surface area contributed by atoms with Crippen LogP contribution in [0.3, 0.4) is 0 Å². The molecule has 4 heteroatoms. The number of halogens is 1. The van der Waals surface area contributed by atoms with Crippen LogP contribution in [0.2, 0.25) is 0 Å². The van der Waals surface area contributed by atoms with Gasteiger partial charge in [-0.1, -0.05) is 12.1 Å². The molecule has 0 spiro atoms. The van der Waals surface area contributed by atoms with Crippen LogP contribution in [-0.4, -0.2) is 27.4 Å². The summed E-state index contributed by atoms with van der Waals surface area (Å²) in [5.41, 5.74) is 0.635. The number of ether oxygens (including phenoxy) is 2. The lowest BCUT2D eigenvalue weighted by Crippen LogP contribution is -2.16. The molecule has 1 N–H and O–H groups in total. The van der Waals surface area contributed by atoms with E-state index in [1.54, 1.807) is 25.3 Å². The first-order valence-electron chi connectivity index (χ1n) is 5.80. The summed E-state index contributed by atoms with van der Waals surface area (Å²) in [6, 6.07) is 5.18. The molecule has 0 amide bonds. The van der Waals surface area contributed by atoms with E-state index in [0.717, 1.165) is 26.0 Å². The minimum atomic E-state index is -0.278. The van der Waals surface area contributed by atoms with Gasteiger partial charge in [0.2, 0.25) is 0 Å². The molecular weight excluding hydrogens is 221 g/mol. The third kappa shape index (κ3) is 4.71. The summed E-state index contributed by atoms with van der Waals surface area (Å²) in [5, 5.41) is 3.20. The van der Waals surface area contributed by atoms with Gasteiger partial charge in [-0.2, -0.15) is 0 Å². The molecule has 0 bridgehead atoms. The molecule has 1 rings (SSSR count).